The highest BCUT2D eigenvalue weighted by Crippen LogP contribution is 2.37. The van der Waals surface area contributed by atoms with Crippen LogP contribution in [0.5, 0.6) is 0 Å². The Balaban J connectivity index is 1.98. The Hall–Kier alpha value is -1.93. The van der Waals surface area contributed by atoms with Gasteiger partial charge in [-0.05, 0) is 36.4 Å². The summed E-state index contributed by atoms with van der Waals surface area (Å²) in [7, 11) is -4.00. The van der Waals surface area contributed by atoms with E-state index in [0.29, 0.717) is 47.9 Å². The molecule has 0 radical (unpaired) electrons. The number of morpholine rings is 1. The number of pyridine rings is 1. The maximum atomic E-state index is 13.5. The zero-order valence-corrected chi connectivity index (χ0v) is 16.9. The summed E-state index contributed by atoms with van der Waals surface area (Å²) in [5.41, 5.74) is 1.14. The average Bonchev–Trinajstić information content (AvgIpc) is 2.69. The van der Waals surface area contributed by atoms with Gasteiger partial charge in [-0.15, -0.1) is 0 Å². The van der Waals surface area contributed by atoms with Crippen LogP contribution in [0, 0.1) is 5.82 Å². The van der Waals surface area contributed by atoms with Crippen LogP contribution in [0.4, 0.5) is 10.1 Å². The van der Waals surface area contributed by atoms with Crippen molar-refractivity contribution >= 4 is 49.6 Å². The average molecular weight is 441 g/mol. The Labute approximate surface area is 171 Å². The second kappa shape index (κ2) is 7.48. The molecule has 3 aromatic rings. The summed E-state index contributed by atoms with van der Waals surface area (Å²) in [5, 5.41) is 0.845. The number of aromatic nitrogens is 1. The molecule has 1 aliphatic heterocycles. The van der Waals surface area contributed by atoms with Gasteiger partial charge in [-0.1, -0.05) is 23.2 Å². The van der Waals surface area contributed by atoms with Gasteiger partial charge in [-0.2, -0.15) is 0 Å². The molecule has 4 rings (SSSR count). The fourth-order valence-electron chi connectivity index (χ4n) is 3.21. The first-order valence-electron chi connectivity index (χ1n) is 8.49. The van der Waals surface area contributed by atoms with E-state index in [1.807, 2.05) is 4.90 Å². The quantitative estimate of drug-likeness (QED) is 0.566. The second-order valence-corrected chi connectivity index (χ2v) is 9.07. The third kappa shape index (κ3) is 3.43. The predicted octanol–water partition coefficient (Wildman–Crippen LogP) is 4.35. The van der Waals surface area contributed by atoms with E-state index in [1.165, 1.54) is 12.3 Å². The van der Waals surface area contributed by atoms with Gasteiger partial charge in [0, 0.05) is 29.7 Å². The number of ether oxygens (including phenoxy) is 1. The molecule has 0 saturated carbocycles. The lowest BCUT2D eigenvalue weighted by atomic mass is 10.1. The van der Waals surface area contributed by atoms with Gasteiger partial charge in [0.1, 0.15) is 10.7 Å². The van der Waals surface area contributed by atoms with Crippen molar-refractivity contribution in [1.82, 2.24) is 4.98 Å². The molecule has 1 fully saturated rings. The molecule has 0 amide bonds. The molecule has 0 N–H and O–H groups in total. The first-order chi connectivity index (χ1) is 13.4. The van der Waals surface area contributed by atoms with Crippen molar-refractivity contribution in [3.8, 4) is 0 Å². The van der Waals surface area contributed by atoms with Crippen LogP contribution in [0.15, 0.2) is 52.4 Å². The Bertz CT molecular complexity index is 1170. The molecule has 0 aliphatic carbocycles. The highest BCUT2D eigenvalue weighted by atomic mass is 35.5. The molecule has 0 spiro atoms. The highest BCUT2D eigenvalue weighted by molar-refractivity contribution is 7.91. The Morgan fingerprint density at radius 3 is 2.54 bits per heavy atom. The first-order valence-corrected chi connectivity index (χ1v) is 10.7. The monoisotopic (exact) mass is 440 g/mol. The van der Waals surface area contributed by atoms with Gasteiger partial charge in [-0.25, -0.2) is 12.8 Å². The molecule has 5 nitrogen and oxygen atoms in total. The molecule has 0 unspecified atom stereocenters. The minimum absolute atomic E-state index is 0.0202. The zero-order chi connectivity index (χ0) is 19.9. The SMILES string of the molecule is O=S(=O)(c1ccc(F)c(Cl)c1)c1cnc2ccc(Cl)cc2c1N1CCOCC1. The zero-order valence-electron chi connectivity index (χ0n) is 14.5. The Morgan fingerprint density at radius 2 is 1.82 bits per heavy atom. The van der Waals surface area contributed by atoms with Crippen LogP contribution < -0.4 is 4.90 Å². The lowest BCUT2D eigenvalue weighted by Gasteiger charge is -2.31. The van der Waals surface area contributed by atoms with Crippen LogP contribution in [0.3, 0.4) is 0 Å². The first kappa shape index (κ1) is 19.4. The molecular formula is C19H15Cl2FN2O3S. The van der Waals surface area contributed by atoms with Gasteiger partial charge in [0.15, 0.2) is 0 Å². The molecule has 2 aromatic carbocycles. The third-order valence-electron chi connectivity index (χ3n) is 4.59. The number of hydrogen-bond donors (Lipinski definition) is 0. The van der Waals surface area contributed by atoms with Gasteiger partial charge in [-0.3, -0.25) is 4.98 Å². The van der Waals surface area contributed by atoms with Crippen LogP contribution in [0.25, 0.3) is 10.9 Å². The number of benzene rings is 2. The molecular weight excluding hydrogens is 426 g/mol. The topological polar surface area (TPSA) is 59.5 Å². The van der Waals surface area contributed by atoms with Crippen LogP contribution in [-0.2, 0) is 14.6 Å². The molecule has 28 heavy (non-hydrogen) atoms. The van der Waals surface area contributed by atoms with E-state index in [4.69, 9.17) is 27.9 Å². The summed E-state index contributed by atoms with van der Waals surface area (Å²) in [6, 6.07) is 8.49. The van der Waals surface area contributed by atoms with E-state index in [-0.39, 0.29) is 14.8 Å². The fraction of sp³-hybridized carbons (Fsp3) is 0.211. The second-order valence-electron chi connectivity index (χ2n) is 6.31. The van der Waals surface area contributed by atoms with Crippen molar-refractivity contribution in [3.63, 3.8) is 0 Å². The molecule has 146 valence electrons. The molecule has 1 aromatic heterocycles. The van der Waals surface area contributed by atoms with Gasteiger partial charge in [0.25, 0.3) is 0 Å². The molecule has 2 heterocycles. The van der Waals surface area contributed by atoms with E-state index in [2.05, 4.69) is 4.98 Å². The Kier molecular flexibility index (Phi) is 5.18. The smallest absolute Gasteiger partial charge is 0.210 e. The lowest BCUT2D eigenvalue weighted by Crippen LogP contribution is -2.37. The van der Waals surface area contributed by atoms with E-state index >= 15 is 0 Å². The number of sulfone groups is 1. The molecule has 0 atom stereocenters. The number of nitrogens with zero attached hydrogens (tertiary/aromatic N) is 2. The molecule has 9 heteroatoms. The normalized spacial score (nSPS) is 15.2. The van der Waals surface area contributed by atoms with Crippen molar-refractivity contribution in [3.05, 3.63) is 58.5 Å². The predicted molar refractivity (Wildman–Crippen MR) is 107 cm³/mol. The maximum Gasteiger partial charge on any atom is 0.210 e. The van der Waals surface area contributed by atoms with Gasteiger partial charge in [0.2, 0.25) is 9.84 Å². The van der Waals surface area contributed by atoms with E-state index in [9.17, 15) is 12.8 Å². The molecule has 0 bridgehead atoms. The molecule has 1 aliphatic rings. The van der Waals surface area contributed by atoms with E-state index in [0.717, 1.165) is 12.1 Å². The van der Waals surface area contributed by atoms with Crippen molar-refractivity contribution < 1.29 is 17.5 Å². The standard InChI is InChI=1S/C19H15Cl2FN2O3S/c20-12-1-4-17-14(9-12)19(24-5-7-27-8-6-24)18(11-23-17)28(25,26)13-2-3-16(22)15(21)10-13/h1-4,9-11H,5-8H2. The van der Waals surface area contributed by atoms with Crippen LogP contribution >= 0.6 is 23.2 Å². The van der Waals surface area contributed by atoms with Crippen molar-refractivity contribution in [2.45, 2.75) is 9.79 Å². The van der Waals surface area contributed by atoms with Crippen LogP contribution in [0.1, 0.15) is 0 Å². The minimum Gasteiger partial charge on any atom is -0.378 e. The van der Waals surface area contributed by atoms with Gasteiger partial charge in [0.05, 0.1) is 34.3 Å². The van der Waals surface area contributed by atoms with Crippen molar-refractivity contribution in [2.75, 3.05) is 31.2 Å². The van der Waals surface area contributed by atoms with E-state index < -0.39 is 15.7 Å². The largest absolute Gasteiger partial charge is 0.378 e. The summed E-state index contributed by atoms with van der Waals surface area (Å²) >= 11 is 12.0. The van der Waals surface area contributed by atoms with Gasteiger partial charge >= 0.3 is 0 Å². The molecule has 1 saturated heterocycles. The highest BCUT2D eigenvalue weighted by Gasteiger charge is 2.28. The van der Waals surface area contributed by atoms with Crippen LogP contribution in [-0.4, -0.2) is 39.7 Å². The maximum absolute atomic E-state index is 13.5. The fourth-order valence-corrected chi connectivity index (χ4v) is 5.09. The summed E-state index contributed by atoms with van der Waals surface area (Å²) in [4.78, 5) is 6.17. The summed E-state index contributed by atoms with van der Waals surface area (Å²) in [5.74, 6) is -0.683. The number of hydrogen-bond acceptors (Lipinski definition) is 5. The number of halogens is 3. The lowest BCUT2D eigenvalue weighted by molar-refractivity contribution is 0.122. The number of rotatable bonds is 3. The van der Waals surface area contributed by atoms with Crippen molar-refractivity contribution in [1.29, 1.82) is 0 Å². The van der Waals surface area contributed by atoms with E-state index in [1.54, 1.807) is 18.2 Å². The minimum atomic E-state index is -4.00. The Morgan fingerprint density at radius 1 is 1.07 bits per heavy atom. The summed E-state index contributed by atoms with van der Waals surface area (Å²) in [6.07, 6.45) is 1.33. The summed E-state index contributed by atoms with van der Waals surface area (Å²) < 4.78 is 45.7. The third-order valence-corrected chi connectivity index (χ3v) is 6.86. The van der Waals surface area contributed by atoms with Crippen LogP contribution in [0.2, 0.25) is 10.0 Å². The summed E-state index contributed by atoms with van der Waals surface area (Å²) in [6.45, 7) is 2.01. The van der Waals surface area contributed by atoms with Gasteiger partial charge < -0.3 is 9.64 Å². The number of fused-ring (bicyclic) bond motifs is 1. The van der Waals surface area contributed by atoms with Crippen molar-refractivity contribution in [2.24, 2.45) is 0 Å². The number of anilines is 1.